The van der Waals surface area contributed by atoms with Crippen molar-refractivity contribution in [1.82, 2.24) is 24.6 Å². The molecule has 31 heavy (non-hydrogen) atoms. The highest BCUT2D eigenvalue weighted by atomic mass is 16.5. The fourth-order valence-electron chi connectivity index (χ4n) is 5.00. The van der Waals surface area contributed by atoms with E-state index in [0.29, 0.717) is 18.8 Å². The Morgan fingerprint density at radius 2 is 1.94 bits per heavy atom. The molecule has 0 atom stereocenters. The first-order valence-corrected chi connectivity index (χ1v) is 11.8. The van der Waals surface area contributed by atoms with Crippen LogP contribution in [0.1, 0.15) is 63.7 Å². The second-order valence-electron chi connectivity index (χ2n) is 9.03. The molecule has 2 aromatic heterocycles. The summed E-state index contributed by atoms with van der Waals surface area (Å²) >= 11 is 0. The van der Waals surface area contributed by atoms with E-state index in [2.05, 4.69) is 19.7 Å². The third kappa shape index (κ3) is 4.65. The summed E-state index contributed by atoms with van der Waals surface area (Å²) in [5.74, 6) is 2.41. The van der Waals surface area contributed by atoms with Crippen LogP contribution in [-0.2, 0) is 17.8 Å². The van der Waals surface area contributed by atoms with Crippen LogP contribution in [0.5, 0.6) is 0 Å². The Morgan fingerprint density at radius 1 is 1.10 bits per heavy atom. The number of nitrogens with zero attached hydrogens (tertiary/aromatic N) is 5. The number of aryl methyl sites for hydroxylation is 2. The zero-order valence-electron chi connectivity index (χ0n) is 18.1. The number of carbonyl (C=O) groups excluding carboxylic acids is 1. The number of carbonyl (C=O) groups is 1. The maximum atomic E-state index is 12.5. The number of rotatable bonds is 7. The predicted octanol–water partition coefficient (Wildman–Crippen LogP) is 4.61. The van der Waals surface area contributed by atoms with Crippen LogP contribution in [0, 0.1) is 5.92 Å². The predicted molar refractivity (Wildman–Crippen MR) is 118 cm³/mol. The Morgan fingerprint density at radius 3 is 2.77 bits per heavy atom. The van der Waals surface area contributed by atoms with E-state index in [-0.39, 0.29) is 5.91 Å². The number of benzene rings is 1. The third-order valence-electron chi connectivity index (χ3n) is 6.86. The molecule has 0 spiro atoms. The van der Waals surface area contributed by atoms with Crippen molar-refractivity contribution in [1.29, 1.82) is 0 Å². The van der Waals surface area contributed by atoms with Gasteiger partial charge in [-0.15, -0.1) is 0 Å². The summed E-state index contributed by atoms with van der Waals surface area (Å²) in [7, 11) is 0. The van der Waals surface area contributed by atoms with Crippen LogP contribution in [0.25, 0.3) is 22.4 Å². The molecule has 2 aliphatic rings. The van der Waals surface area contributed by atoms with Crippen LogP contribution >= 0.6 is 0 Å². The number of likely N-dealkylation sites (tertiary alicyclic amines) is 1. The summed E-state index contributed by atoms with van der Waals surface area (Å²) in [6, 6.07) is 6.06. The van der Waals surface area contributed by atoms with Gasteiger partial charge >= 0.3 is 0 Å². The topological polar surface area (TPSA) is 77.0 Å². The quantitative estimate of drug-likeness (QED) is 0.557. The van der Waals surface area contributed by atoms with Crippen LogP contribution in [0.15, 0.2) is 29.0 Å². The molecular weight excluding hydrogens is 390 g/mol. The average Bonchev–Trinajstić information content (AvgIpc) is 3.57. The molecule has 0 radical (unpaired) electrons. The molecule has 1 saturated heterocycles. The molecule has 0 unspecified atom stereocenters. The van der Waals surface area contributed by atoms with Gasteiger partial charge in [-0.3, -0.25) is 4.79 Å². The van der Waals surface area contributed by atoms with Crippen molar-refractivity contribution in [2.75, 3.05) is 13.1 Å². The molecule has 2 fully saturated rings. The second-order valence-corrected chi connectivity index (χ2v) is 9.03. The molecule has 3 heterocycles. The Kier molecular flexibility index (Phi) is 6.00. The van der Waals surface area contributed by atoms with E-state index in [1.54, 1.807) is 0 Å². The summed E-state index contributed by atoms with van der Waals surface area (Å²) in [6.07, 6.45) is 13.2. The van der Waals surface area contributed by atoms with E-state index in [0.717, 1.165) is 67.2 Å². The Balaban J connectivity index is 1.22. The lowest BCUT2D eigenvalue weighted by molar-refractivity contribution is -0.132. The maximum Gasteiger partial charge on any atom is 0.226 e. The van der Waals surface area contributed by atoms with E-state index < -0.39 is 0 Å². The van der Waals surface area contributed by atoms with Gasteiger partial charge in [0.05, 0.1) is 17.4 Å². The van der Waals surface area contributed by atoms with Gasteiger partial charge in [0.1, 0.15) is 0 Å². The van der Waals surface area contributed by atoms with Gasteiger partial charge in [0.2, 0.25) is 17.6 Å². The molecule has 0 N–H and O–H groups in total. The standard InChI is InChI=1S/C24H31N5O2/c30-23(28-13-4-1-5-14-28)12-15-29-17-25-20-16-19(9-10-21(20)29)24-26-22(31-27-24)11-8-18-6-2-3-7-18/h9-10,16-18H,1-8,11-15H2. The van der Waals surface area contributed by atoms with E-state index in [4.69, 9.17) is 4.52 Å². The summed E-state index contributed by atoms with van der Waals surface area (Å²) in [5.41, 5.74) is 2.83. The lowest BCUT2D eigenvalue weighted by Crippen LogP contribution is -2.35. The molecule has 7 heteroatoms. The number of fused-ring (bicyclic) bond motifs is 1. The van der Waals surface area contributed by atoms with Crippen molar-refractivity contribution in [2.45, 2.75) is 70.8 Å². The van der Waals surface area contributed by atoms with Crippen LogP contribution in [-0.4, -0.2) is 43.6 Å². The molecule has 1 amide bonds. The Bertz CT molecular complexity index is 1030. The number of imidazole rings is 1. The van der Waals surface area contributed by atoms with E-state index in [1.807, 2.05) is 29.4 Å². The second kappa shape index (κ2) is 9.20. The molecule has 1 saturated carbocycles. The van der Waals surface area contributed by atoms with Gasteiger partial charge in [-0.1, -0.05) is 30.8 Å². The smallest absolute Gasteiger partial charge is 0.226 e. The van der Waals surface area contributed by atoms with Gasteiger partial charge in [0, 0.05) is 38.0 Å². The minimum Gasteiger partial charge on any atom is -0.343 e. The van der Waals surface area contributed by atoms with E-state index >= 15 is 0 Å². The number of amides is 1. The van der Waals surface area contributed by atoms with Crippen LogP contribution in [0.3, 0.4) is 0 Å². The van der Waals surface area contributed by atoms with Gasteiger partial charge in [0.15, 0.2) is 0 Å². The molecule has 7 nitrogen and oxygen atoms in total. The normalized spacial score (nSPS) is 17.6. The highest BCUT2D eigenvalue weighted by Crippen LogP contribution is 2.29. The summed E-state index contributed by atoms with van der Waals surface area (Å²) < 4.78 is 7.55. The minimum atomic E-state index is 0.245. The van der Waals surface area contributed by atoms with Gasteiger partial charge in [-0.25, -0.2) is 4.98 Å². The zero-order chi connectivity index (χ0) is 21.0. The maximum absolute atomic E-state index is 12.5. The molecule has 1 aliphatic heterocycles. The van der Waals surface area contributed by atoms with Crippen LogP contribution in [0.4, 0.5) is 0 Å². The lowest BCUT2D eigenvalue weighted by atomic mass is 10.0. The first kappa shape index (κ1) is 20.2. The van der Waals surface area contributed by atoms with Crippen molar-refractivity contribution >= 4 is 16.9 Å². The van der Waals surface area contributed by atoms with Crippen LogP contribution < -0.4 is 0 Å². The first-order chi connectivity index (χ1) is 15.3. The SMILES string of the molecule is O=C(CCn1cnc2cc(-c3noc(CCC4CCCC4)n3)ccc21)N1CCCCC1. The summed E-state index contributed by atoms with van der Waals surface area (Å²) in [4.78, 5) is 23.6. The first-order valence-electron chi connectivity index (χ1n) is 11.8. The fourth-order valence-corrected chi connectivity index (χ4v) is 5.00. The van der Waals surface area contributed by atoms with Crippen molar-refractivity contribution in [3.05, 3.63) is 30.4 Å². The Hall–Kier alpha value is -2.70. The molecule has 1 aromatic carbocycles. The molecule has 0 bridgehead atoms. The van der Waals surface area contributed by atoms with Gasteiger partial charge in [-0.2, -0.15) is 4.98 Å². The average molecular weight is 422 g/mol. The number of hydrogen-bond donors (Lipinski definition) is 0. The number of aromatic nitrogens is 4. The largest absolute Gasteiger partial charge is 0.343 e. The van der Waals surface area contributed by atoms with Gasteiger partial charge < -0.3 is 14.0 Å². The van der Waals surface area contributed by atoms with Gasteiger partial charge in [-0.05, 0) is 49.8 Å². The Labute approximate surface area is 182 Å². The fraction of sp³-hybridized carbons (Fsp3) is 0.583. The number of hydrogen-bond acceptors (Lipinski definition) is 5. The minimum absolute atomic E-state index is 0.245. The highest BCUT2D eigenvalue weighted by molar-refractivity contribution is 5.81. The summed E-state index contributed by atoms with van der Waals surface area (Å²) in [5, 5.41) is 4.19. The molecule has 5 rings (SSSR count). The van der Waals surface area contributed by atoms with Gasteiger partial charge in [0.25, 0.3) is 0 Å². The molecule has 1 aliphatic carbocycles. The van der Waals surface area contributed by atoms with E-state index in [9.17, 15) is 4.79 Å². The molecule has 3 aromatic rings. The number of piperidine rings is 1. The summed E-state index contributed by atoms with van der Waals surface area (Å²) in [6.45, 7) is 2.46. The van der Waals surface area contributed by atoms with Crippen molar-refractivity contribution in [2.24, 2.45) is 5.92 Å². The van der Waals surface area contributed by atoms with Crippen molar-refractivity contribution < 1.29 is 9.32 Å². The zero-order valence-corrected chi connectivity index (χ0v) is 18.1. The highest BCUT2D eigenvalue weighted by Gasteiger charge is 2.18. The monoisotopic (exact) mass is 421 g/mol. The lowest BCUT2D eigenvalue weighted by Gasteiger charge is -2.26. The van der Waals surface area contributed by atoms with Crippen molar-refractivity contribution in [3.8, 4) is 11.4 Å². The van der Waals surface area contributed by atoms with E-state index in [1.165, 1.54) is 32.1 Å². The molecular formula is C24H31N5O2. The third-order valence-corrected chi connectivity index (χ3v) is 6.86. The van der Waals surface area contributed by atoms with Crippen LogP contribution in [0.2, 0.25) is 0 Å². The van der Waals surface area contributed by atoms with Crippen molar-refractivity contribution in [3.63, 3.8) is 0 Å². The molecule has 164 valence electrons.